The Morgan fingerprint density at radius 2 is 2.00 bits per heavy atom. The van der Waals surface area contributed by atoms with E-state index in [0.717, 1.165) is 35.9 Å². The van der Waals surface area contributed by atoms with E-state index in [1.54, 1.807) is 7.11 Å². The van der Waals surface area contributed by atoms with Crippen LogP contribution in [0.5, 0.6) is 5.75 Å². The Kier molecular flexibility index (Phi) is 4.06. The normalized spacial score (nSPS) is 13.5. The van der Waals surface area contributed by atoms with E-state index in [0.29, 0.717) is 0 Å². The number of hydrogen-bond donors (Lipinski definition) is 1. The molecule has 2 aromatic carbocycles. The van der Waals surface area contributed by atoms with E-state index in [4.69, 9.17) is 17.0 Å². The van der Waals surface area contributed by atoms with Gasteiger partial charge in [-0.25, -0.2) is 0 Å². The van der Waals surface area contributed by atoms with E-state index in [1.165, 1.54) is 11.3 Å². The second kappa shape index (κ2) is 6.14. The molecule has 3 nitrogen and oxygen atoms in total. The maximum atomic E-state index is 5.58. The number of thiocarbonyl (C=S) groups is 1. The van der Waals surface area contributed by atoms with Crippen LogP contribution in [0.3, 0.4) is 0 Å². The lowest BCUT2D eigenvalue weighted by Gasteiger charge is -2.32. The van der Waals surface area contributed by atoms with Crippen molar-refractivity contribution >= 4 is 28.7 Å². The number of rotatable bonds is 2. The molecule has 108 valence electrons. The summed E-state index contributed by atoms with van der Waals surface area (Å²) in [7, 11) is 1.70. The van der Waals surface area contributed by atoms with Gasteiger partial charge in [0.2, 0.25) is 0 Å². The summed E-state index contributed by atoms with van der Waals surface area (Å²) in [4.78, 5) is 2.17. The average molecular weight is 298 g/mol. The minimum absolute atomic E-state index is 0.743. The molecule has 0 amide bonds. The van der Waals surface area contributed by atoms with Crippen molar-refractivity contribution in [2.24, 2.45) is 0 Å². The first-order valence-electron chi connectivity index (χ1n) is 7.08. The van der Waals surface area contributed by atoms with Crippen molar-refractivity contribution in [3.05, 3.63) is 54.1 Å². The molecule has 1 N–H and O–H groups in total. The van der Waals surface area contributed by atoms with E-state index in [9.17, 15) is 0 Å². The quantitative estimate of drug-likeness (QED) is 0.851. The third-order valence-corrected chi connectivity index (χ3v) is 4.00. The van der Waals surface area contributed by atoms with Gasteiger partial charge in [0.05, 0.1) is 7.11 Å². The van der Waals surface area contributed by atoms with Crippen LogP contribution in [0.25, 0.3) is 0 Å². The van der Waals surface area contributed by atoms with Crippen LogP contribution in [-0.4, -0.2) is 18.8 Å². The average Bonchev–Trinajstić information content (AvgIpc) is 2.54. The Hall–Kier alpha value is -2.07. The number of benzene rings is 2. The SMILES string of the molecule is COc1ccc2c(c1)CCCN2C(=S)Nc1ccccc1. The molecule has 0 saturated carbocycles. The van der Waals surface area contributed by atoms with Gasteiger partial charge in [0.15, 0.2) is 5.11 Å². The topological polar surface area (TPSA) is 24.5 Å². The van der Waals surface area contributed by atoms with E-state index < -0.39 is 0 Å². The molecule has 0 atom stereocenters. The number of hydrogen-bond acceptors (Lipinski definition) is 2. The summed E-state index contributed by atoms with van der Waals surface area (Å²) in [5.41, 5.74) is 3.48. The van der Waals surface area contributed by atoms with Crippen LogP contribution in [0.4, 0.5) is 11.4 Å². The van der Waals surface area contributed by atoms with E-state index in [1.807, 2.05) is 36.4 Å². The number of anilines is 2. The number of ether oxygens (including phenoxy) is 1. The van der Waals surface area contributed by atoms with Gasteiger partial charge in [0.1, 0.15) is 5.75 Å². The third-order valence-electron chi connectivity index (χ3n) is 3.68. The molecule has 0 saturated heterocycles. The highest BCUT2D eigenvalue weighted by Gasteiger charge is 2.20. The summed E-state index contributed by atoms with van der Waals surface area (Å²) in [5.74, 6) is 0.900. The fraction of sp³-hybridized carbons (Fsp3) is 0.235. The number of methoxy groups -OCH3 is 1. The summed E-state index contributed by atoms with van der Waals surface area (Å²) >= 11 is 5.58. The van der Waals surface area contributed by atoms with Crippen LogP contribution < -0.4 is 15.0 Å². The van der Waals surface area contributed by atoms with Crippen LogP contribution in [0.15, 0.2) is 48.5 Å². The first kappa shape index (κ1) is 13.9. The zero-order valence-corrected chi connectivity index (χ0v) is 12.8. The third kappa shape index (κ3) is 3.00. The highest BCUT2D eigenvalue weighted by Crippen LogP contribution is 2.31. The second-order valence-electron chi connectivity index (χ2n) is 5.05. The zero-order chi connectivity index (χ0) is 14.7. The van der Waals surface area contributed by atoms with Crippen molar-refractivity contribution in [3.8, 4) is 5.75 Å². The van der Waals surface area contributed by atoms with Gasteiger partial charge in [0.25, 0.3) is 0 Å². The Balaban J connectivity index is 1.83. The monoisotopic (exact) mass is 298 g/mol. The fourth-order valence-electron chi connectivity index (χ4n) is 2.62. The highest BCUT2D eigenvalue weighted by molar-refractivity contribution is 7.80. The molecule has 0 unspecified atom stereocenters. The molecule has 0 fully saturated rings. The molecule has 21 heavy (non-hydrogen) atoms. The van der Waals surface area contributed by atoms with Gasteiger partial charge in [-0.3, -0.25) is 0 Å². The molecule has 1 aliphatic rings. The van der Waals surface area contributed by atoms with Gasteiger partial charge >= 0.3 is 0 Å². The molecule has 0 aromatic heterocycles. The number of aryl methyl sites for hydroxylation is 1. The van der Waals surface area contributed by atoms with E-state index in [-0.39, 0.29) is 0 Å². The fourth-order valence-corrected chi connectivity index (χ4v) is 2.93. The Bertz CT molecular complexity index is 642. The van der Waals surface area contributed by atoms with Gasteiger partial charge in [-0.15, -0.1) is 0 Å². The summed E-state index contributed by atoms with van der Waals surface area (Å²) < 4.78 is 5.30. The summed E-state index contributed by atoms with van der Waals surface area (Å²) in [6.07, 6.45) is 2.16. The molecule has 0 bridgehead atoms. The summed E-state index contributed by atoms with van der Waals surface area (Å²) in [5, 5.41) is 4.05. The predicted molar refractivity (Wildman–Crippen MR) is 91.3 cm³/mol. The van der Waals surface area contributed by atoms with Gasteiger partial charge in [0, 0.05) is 17.9 Å². The number of nitrogens with zero attached hydrogens (tertiary/aromatic N) is 1. The van der Waals surface area contributed by atoms with E-state index in [2.05, 4.69) is 22.3 Å². The smallest absolute Gasteiger partial charge is 0.177 e. The molecule has 4 heteroatoms. The number of nitrogens with one attached hydrogen (secondary N) is 1. The largest absolute Gasteiger partial charge is 0.497 e. The van der Waals surface area contributed by atoms with Crippen molar-refractivity contribution in [3.63, 3.8) is 0 Å². The van der Waals surface area contributed by atoms with Crippen molar-refractivity contribution < 1.29 is 4.74 Å². The van der Waals surface area contributed by atoms with Crippen LogP contribution in [0, 0.1) is 0 Å². The Labute approximate surface area is 130 Å². The Morgan fingerprint density at radius 1 is 1.19 bits per heavy atom. The van der Waals surface area contributed by atoms with Gasteiger partial charge in [-0.2, -0.15) is 0 Å². The number of fused-ring (bicyclic) bond motifs is 1. The van der Waals surface area contributed by atoms with Gasteiger partial charge < -0.3 is 15.0 Å². The highest BCUT2D eigenvalue weighted by atomic mass is 32.1. The predicted octanol–water partition coefficient (Wildman–Crippen LogP) is 3.84. The lowest BCUT2D eigenvalue weighted by atomic mass is 10.0. The maximum absolute atomic E-state index is 5.58. The minimum atomic E-state index is 0.743. The van der Waals surface area contributed by atoms with Crippen molar-refractivity contribution in [2.45, 2.75) is 12.8 Å². The lowest BCUT2D eigenvalue weighted by Crippen LogP contribution is -2.38. The minimum Gasteiger partial charge on any atom is -0.497 e. The van der Waals surface area contributed by atoms with Gasteiger partial charge in [-0.05, 0) is 61.0 Å². The zero-order valence-electron chi connectivity index (χ0n) is 12.0. The van der Waals surface area contributed by atoms with Crippen molar-refractivity contribution in [1.29, 1.82) is 0 Å². The molecular weight excluding hydrogens is 280 g/mol. The molecule has 0 radical (unpaired) electrons. The summed E-state index contributed by atoms with van der Waals surface area (Å²) in [6.45, 7) is 0.942. The van der Waals surface area contributed by atoms with Crippen molar-refractivity contribution in [1.82, 2.24) is 0 Å². The molecule has 1 heterocycles. The molecule has 2 aromatic rings. The molecule has 0 spiro atoms. The van der Waals surface area contributed by atoms with Crippen LogP contribution in [-0.2, 0) is 6.42 Å². The molecule has 3 rings (SSSR count). The number of para-hydroxylation sites is 1. The molecular formula is C17H18N2OS. The standard InChI is InChI=1S/C17H18N2OS/c1-20-15-9-10-16-13(12-15)6-5-11-19(16)17(21)18-14-7-3-2-4-8-14/h2-4,7-10,12H,5-6,11H2,1H3,(H,18,21). The first-order valence-corrected chi connectivity index (χ1v) is 7.49. The lowest BCUT2D eigenvalue weighted by molar-refractivity contribution is 0.414. The second-order valence-corrected chi connectivity index (χ2v) is 5.43. The van der Waals surface area contributed by atoms with Crippen molar-refractivity contribution in [2.75, 3.05) is 23.9 Å². The van der Waals surface area contributed by atoms with Crippen LogP contribution in [0.1, 0.15) is 12.0 Å². The maximum Gasteiger partial charge on any atom is 0.177 e. The van der Waals surface area contributed by atoms with Gasteiger partial charge in [-0.1, -0.05) is 18.2 Å². The molecule has 1 aliphatic heterocycles. The molecule has 0 aliphatic carbocycles. The summed E-state index contributed by atoms with van der Waals surface area (Å²) in [6, 6.07) is 16.2. The van der Waals surface area contributed by atoms with Crippen LogP contribution >= 0.6 is 12.2 Å². The van der Waals surface area contributed by atoms with Crippen LogP contribution in [0.2, 0.25) is 0 Å². The Morgan fingerprint density at radius 3 is 2.76 bits per heavy atom. The van der Waals surface area contributed by atoms with E-state index >= 15 is 0 Å². The first-order chi connectivity index (χ1) is 10.3.